The molecule has 3 rings (SSSR count). The number of rotatable bonds is 6. The summed E-state index contributed by atoms with van der Waals surface area (Å²) in [6, 6.07) is 7.11. The fourth-order valence-electron chi connectivity index (χ4n) is 2.49. The summed E-state index contributed by atoms with van der Waals surface area (Å²) in [5.74, 6) is 1.38. The van der Waals surface area contributed by atoms with Gasteiger partial charge in [0.2, 0.25) is 5.95 Å². The van der Waals surface area contributed by atoms with Gasteiger partial charge in [-0.1, -0.05) is 0 Å². The maximum absolute atomic E-state index is 12.2. The number of nitrogens with zero attached hydrogens (tertiary/aromatic N) is 3. The van der Waals surface area contributed by atoms with Gasteiger partial charge < -0.3 is 14.4 Å². The molecule has 1 aliphatic heterocycles. The minimum atomic E-state index is -0.0692. The highest BCUT2D eigenvalue weighted by molar-refractivity contribution is 6.06. The minimum absolute atomic E-state index is 0.0692. The summed E-state index contributed by atoms with van der Waals surface area (Å²) < 4.78 is 10.7. The second kappa shape index (κ2) is 8.39. The first-order valence-electron chi connectivity index (χ1n) is 8.36. The van der Waals surface area contributed by atoms with Crippen molar-refractivity contribution >= 4 is 17.8 Å². The number of carbonyl (C=O) groups excluding carboxylic acids is 1. The van der Waals surface area contributed by atoms with Gasteiger partial charge in [0.1, 0.15) is 5.75 Å². The van der Waals surface area contributed by atoms with E-state index in [4.69, 9.17) is 9.47 Å². The zero-order valence-corrected chi connectivity index (χ0v) is 14.2. The fourth-order valence-corrected chi connectivity index (χ4v) is 2.49. The molecule has 130 valence electrons. The van der Waals surface area contributed by atoms with Crippen LogP contribution in [0.4, 0.5) is 5.95 Å². The maximum atomic E-state index is 12.2. The number of hydrogen-bond acceptors (Lipinski definition) is 6. The summed E-state index contributed by atoms with van der Waals surface area (Å²) in [4.78, 5) is 23.0. The number of ether oxygens (including phenoxy) is 2. The third-order valence-electron chi connectivity index (χ3n) is 3.83. The Balaban J connectivity index is 1.61. The van der Waals surface area contributed by atoms with Crippen LogP contribution in [0.5, 0.6) is 5.75 Å². The molecule has 0 aliphatic carbocycles. The van der Waals surface area contributed by atoms with Crippen LogP contribution in [0.2, 0.25) is 0 Å². The highest BCUT2D eigenvalue weighted by Gasteiger charge is 2.13. The Morgan fingerprint density at radius 1 is 1.20 bits per heavy atom. The first kappa shape index (κ1) is 17.1. The predicted octanol–water partition coefficient (Wildman–Crippen LogP) is 2.61. The van der Waals surface area contributed by atoms with Crippen LogP contribution in [0.15, 0.2) is 42.7 Å². The van der Waals surface area contributed by atoms with Crippen molar-refractivity contribution in [1.29, 1.82) is 0 Å². The van der Waals surface area contributed by atoms with E-state index in [1.165, 1.54) is 6.08 Å². The molecule has 0 unspecified atom stereocenters. The number of hydrogen-bond donors (Lipinski definition) is 0. The van der Waals surface area contributed by atoms with E-state index >= 15 is 0 Å². The normalized spacial score (nSPS) is 14.7. The van der Waals surface area contributed by atoms with Gasteiger partial charge >= 0.3 is 0 Å². The Morgan fingerprint density at radius 3 is 2.52 bits per heavy atom. The molecule has 1 aliphatic rings. The Bertz CT molecular complexity index is 721. The molecule has 0 atom stereocenters. The number of aromatic nitrogens is 2. The molecule has 2 aromatic rings. The maximum Gasteiger partial charge on any atom is 0.225 e. The van der Waals surface area contributed by atoms with Crippen LogP contribution in [0, 0.1) is 0 Å². The van der Waals surface area contributed by atoms with Gasteiger partial charge in [-0.15, -0.1) is 0 Å². The van der Waals surface area contributed by atoms with E-state index in [2.05, 4.69) is 14.9 Å². The Kier molecular flexibility index (Phi) is 5.74. The number of anilines is 1. The molecule has 0 saturated carbocycles. The van der Waals surface area contributed by atoms with Crippen molar-refractivity contribution in [1.82, 2.24) is 9.97 Å². The van der Waals surface area contributed by atoms with Gasteiger partial charge in [-0.2, -0.15) is 0 Å². The Labute approximate surface area is 147 Å². The third-order valence-corrected chi connectivity index (χ3v) is 3.83. The van der Waals surface area contributed by atoms with E-state index in [-0.39, 0.29) is 5.78 Å². The number of morpholine rings is 1. The molecule has 1 aromatic carbocycles. The van der Waals surface area contributed by atoms with Gasteiger partial charge in [-0.25, -0.2) is 9.97 Å². The predicted molar refractivity (Wildman–Crippen MR) is 96.0 cm³/mol. The lowest BCUT2D eigenvalue weighted by atomic mass is 10.1. The van der Waals surface area contributed by atoms with Crippen LogP contribution >= 0.6 is 0 Å². The third kappa shape index (κ3) is 4.64. The lowest BCUT2D eigenvalue weighted by Gasteiger charge is -2.26. The molecule has 0 amide bonds. The number of carbonyl (C=O) groups is 1. The van der Waals surface area contributed by atoms with Crippen LogP contribution in [0.3, 0.4) is 0 Å². The zero-order chi connectivity index (χ0) is 17.5. The monoisotopic (exact) mass is 339 g/mol. The van der Waals surface area contributed by atoms with Crippen molar-refractivity contribution in [3.05, 3.63) is 53.9 Å². The smallest absolute Gasteiger partial charge is 0.225 e. The van der Waals surface area contributed by atoms with Crippen molar-refractivity contribution < 1.29 is 14.3 Å². The van der Waals surface area contributed by atoms with Gasteiger partial charge in [0, 0.05) is 36.6 Å². The van der Waals surface area contributed by atoms with Gasteiger partial charge in [0.25, 0.3) is 0 Å². The van der Waals surface area contributed by atoms with Crippen molar-refractivity contribution in [2.24, 2.45) is 0 Å². The number of benzene rings is 1. The average molecular weight is 339 g/mol. The van der Waals surface area contributed by atoms with Crippen LogP contribution in [0.25, 0.3) is 6.08 Å². The lowest BCUT2D eigenvalue weighted by Crippen LogP contribution is -2.37. The summed E-state index contributed by atoms with van der Waals surface area (Å²) >= 11 is 0. The Hall–Kier alpha value is -2.73. The van der Waals surface area contributed by atoms with E-state index in [0.29, 0.717) is 31.3 Å². The zero-order valence-electron chi connectivity index (χ0n) is 14.2. The molecule has 1 fully saturated rings. The Morgan fingerprint density at radius 2 is 1.88 bits per heavy atom. The van der Waals surface area contributed by atoms with Crippen LogP contribution in [-0.2, 0) is 4.74 Å². The van der Waals surface area contributed by atoms with Gasteiger partial charge in [0.05, 0.1) is 19.8 Å². The highest BCUT2D eigenvalue weighted by atomic mass is 16.5. The molecule has 25 heavy (non-hydrogen) atoms. The van der Waals surface area contributed by atoms with Crippen molar-refractivity contribution in [3.63, 3.8) is 0 Å². The molecule has 0 spiro atoms. The van der Waals surface area contributed by atoms with Crippen LogP contribution in [-0.4, -0.2) is 48.7 Å². The van der Waals surface area contributed by atoms with Crippen LogP contribution in [0.1, 0.15) is 22.8 Å². The summed E-state index contributed by atoms with van der Waals surface area (Å²) in [5.41, 5.74) is 1.40. The molecule has 1 saturated heterocycles. The summed E-state index contributed by atoms with van der Waals surface area (Å²) in [7, 11) is 0. The fraction of sp³-hybridized carbons (Fsp3) is 0.316. The number of allylic oxidation sites excluding steroid dienone is 1. The molecule has 2 heterocycles. The summed E-state index contributed by atoms with van der Waals surface area (Å²) in [6.45, 7) is 5.52. The number of ketones is 1. The molecule has 0 N–H and O–H groups in total. The lowest BCUT2D eigenvalue weighted by molar-refractivity contribution is 0.104. The second-order valence-corrected chi connectivity index (χ2v) is 5.57. The standard InChI is InChI=1S/C19H21N3O3/c1-2-25-17-6-4-16(5-7-17)18(23)8-3-15-13-20-19(21-14-15)22-9-11-24-12-10-22/h3-8,13-14H,2,9-12H2,1H3. The average Bonchev–Trinajstić information content (AvgIpc) is 2.68. The minimum Gasteiger partial charge on any atom is -0.494 e. The topological polar surface area (TPSA) is 64.5 Å². The molecule has 6 nitrogen and oxygen atoms in total. The van der Waals surface area contributed by atoms with E-state index < -0.39 is 0 Å². The van der Waals surface area contributed by atoms with Crippen LogP contribution < -0.4 is 9.64 Å². The first-order valence-corrected chi connectivity index (χ1v) is 8.36. The van der Waals surface area contributed by atoms with E-state index in [0.717, 1.165) is 24.4 Å². The molecular weight excluding hydrogens is 318 g/mol. The van der Waals surface area contributed by atoms with Crippen molar-refractivity contribution in [3.8, 4) is 5.75 Å². The van der Waals surface area contributed by atoms with Gasteiger partial charge in [-0.05, 0) is 43.3 Å². The van der Waals surface area contributed by atoms with E-state index in [1.54, 1.807) is 42.7 Å². The highest BCUT2D eigenvalue weighted by Crippen LogP contribution is 2.14. The van der Waals surface area contributed by atoms with Gasteiger partial charge in [0.15, 0.2) is 5.78 Å². The molecule has 0 radical (unpaired) electrons. The van der Waals surface area contributed by atoms with Crippen molar-refractivity contribution in [2.45, 2.75) is 6.92 Å². The SMILES string of the molecule is CCOc1ccc(C(=O)C=Cc2cnc(N3CCOCC3)nc2)cc1. The van der Waals surface area contributed by atoms with Gasteiger partial charge in [-0.3, -0.25) is 4.79 Å². The summed E-state index contributed by atoms with van der Waals surface area (Å²) in [6.07, 6.45) is 6.70. The quantitative estimate of drug-likeness (QED) is 0.595. The first-order chi connectivity index (χ1) is 12.3. The molecular formula is C19H21N3O3. The van der Waals surface area contributed by atoms with E-state index in [1.807, 2.05) is 6.92 Å². The molecule has 1 aromatic heterocycles. The van der Waals surface area contributed by atoms with E-state index in [9.17, 15) is 4.79 Å². The largest absolute Gasteiger partial charge is 0.494 e. The summed E-state index contributed by atoms with van der Waals surface area (Å²) in [5, 5.41) is 0. The molecule has 0 bridgehead atoms. The molecule has 6 heteroatoms. The second-order valence-electron chi connectivity index (χ2n) is 5.57. The van der Waals surface area contributed by atoms with Crippen molar-refractivity contribution in [2.75, 3.05) is 37.8 Å².